The van der Waals surface area contributed by atoms with Gasteiger partial charge in [0, 0.05) is 5.56 Å². The van der Waals surface area contributed by atoms with Gasteiger partial charge in [-0.15, -0.1) is 0 Å². The first-order valence-electron chi connectivity index (χ1n) is 6.37. The Bertz CT molecular complexity index is 875. The van der Waals surface area contributed by atoms with Crippen molar-refractivity contribution in [3.63, 3.8) is 0 Å². The van der Waals surface area contributed by atoms with Crippen molar-refractivity contribution in [2.24, 2.45) is 0 Å². The van der Waals surface area contributed by atoms with Gasteiger partial charge in [0.15, 0.2) is 0 Å². The Kier molecular flexibility index (Phi) is 2.64. The van der Waals surface area contributed by atoms with Crippen LogP contribution in [0.2, 0.25) is 0 Å². The summed E-state index contributed by atoms with van der Waals surface area (Å²) in [5.41, 5.74) is 3.78. The molecule has 0 unspecified atom stereocenters. The molecule has 2 heterocycles. The zero-order valence-corrected chi connectivity index (χ0v) is 11.6. The predicted molar refractivity (Wildman–Crippen MR) is 77.1 cm³/mol. The van der Waals surface area contributed by atoms with E-state index in [1.807, 2.05) is 39.0 Å². The number of H-pyrrole nitrogens is 1. The van der Waals surface area contributed by atoms with Crippen LogP contribution in [0.1, 0.15) is 16.8 Å². The molecule has 2 aromatic heterocycles. The molecule has 0 saturated carbocycles. The second-order valence-corrected chi connectivity index (χ2v) is 4.99. The topological polar surface area (TPSA) is 70.4 Å². The van der Waals surface area contributed by atoms with Crippen molar-refractivity contribution in [1.29, 1.82) is 0 Å². The lowest BCUT2D eigenvalue weighted by atomic mass is 10.1. The zero-order chi connectivity index (χ0) is 14.4. The number of aromatic amines is 1. The van der Waals surface area contributed by atoms with Crippen LogP contribution in [0.25, 0.3) is 16.8 Å². The third-order valence-electron chi connectivity index (χ3n) is 3.55. The molecule has 102 valence electrons. The molecule has 0 fully saturated rings. The molecule has 5 nitrogen and oxygen atoms in total. The second-order valence-electron chi connectivity index (χ2n) is 4.99. The number of rotatable bonds is 1. The van der Waals surface area contributed by atoms with Crippen LogP contribution in [-0.4, -0.2) is 19.7 Å². The number of nitrogens with one attached hydrogen (secondary N) is 1. The van der Waals surface area contributed by atoms with Crippen molar-refractivity contribution in [2.45, 2.75) is 20.8 Å². The lowest BCUT2D eigenvalue weighted by molar-refractivity contribution is 0.436. The van der Waals surface area contributed by atoms with E-state index in [1.165, 1.54) is 4.52 Å². The molecule has 3 aromatic rings. The Hall–Kier alpha value is -2.56. The van der Waals surface area contributed by atoms with Gasteiger partial charge in [-0.05, 0) is 26.3 Å². The van der Waals surface area contributed by atoms with Gasteiger partial charge in [-0.25, -0.2) is 0 Å². The maximum atomic E-state index is 12.3. The minimum absolute atomic E-state index is 0.134. The molecular formula is C15H15N3O2. The molecule has 0 aliphatic carbocycles. The van der Waals surface area contributed by atoms with E-state index in [9.17, 15) is 9.90 Å². The van der Waals surface area contributed by atoms with E-state index in [4.69, 9.17) is 0 Å². The molecular weight excluding hydrogens is 254 g/mol. The quantitative estimate of drug-likeness (QED) is 0.712. The smallest absolute Gasteiger partial charge is 0.262 e. The number of fused-ring (bicyclic) bond motifs is 1. The number of hydrogen-bond acceptors (Lipinski definition) is 3. The van der Waals surface area contributed by atoms with E-state index in [-0.39, 0.29) is 17.0 Å². The van der Waals surface area contributed by atoms with E-state index < -0.39 is 0 Å². The monoisotopic (exact) mass is 269 g/mol. The maximum Gasteiger partial charge on any atom is 0.262 e. The normalized spacial score (nSPS) is 11.2. The third-order valence-corrected chi connectivity index (χ3v) is 3.55. The van der Waals surface area contributed by atoms with Crippen molar-refractivity contribution in [1.82, 2.24) is 14.6 Å². The van der Waals surface area contributed by atoms with E-state index in [1.54, 1.807) is 6.07 Å². The minimum Gasteiger partial charge on any atom is -0.493 e. The molecule has 0 saturated heterocycles. The van der Waals surface area contributed by atoms with Gasteiger partial charge in [-0.3, -0.25) is 4.79 Å². The number of benzene rings is 1. The first-order chi connectivity index (χ1) is 9.49. The molecule has 0 aliphatic heterocycles. The largest absolute Gasteiger partial charge is 0.493 e. The fourth-order valence-corrected chi connectivity index (χ4v) is 2.34. The lowest BCUT2D eigenvalue weighted by Crippen LogP contribution is -2.12. The van der Waals surface area contributed by atoms with Gasteiger partial charge in [-0.1, -0.05) is 29.8 Å². The van der Waals surface area contributed by atoms with Crippen LogP contribution in [0, 0.1) is 20.8 Å². The average molecular weight is 269 g/mol. The van der Waals surface area contributed by atoms with E-state index in [0.717, 1.165) is 16.8 Å². The van der Waals surface area contributed by atoms with Crippen LogP contribution in [0.4, 0.5) is 0 Å². The summed E-state index contributed by atoms with van der Waals surface area (Å²) in [5, 5.41) is 14.7. The van der Waals surface area contributed by atoms with Crippen LogP contribution in [-0.2, 0) is 0 Å². The number of hydrogen-bond donors (Lipinski definition) is 2. The standard InChI is InChI=1S/C15H15N3O2/c1-8-5-4-6-11(7-8)12-14(19)16-13-9(2)10(3)17-18(13)15(12)20/h4-7,20H,1-3H3,(H,16,19). The molecule has 0 amide bonds. The fraction of sp³-hybridized carbons (Fsp3) is 0.200. The van der Waals surface area contributed by atoms with Crippen molar-refractivity contribution in [3.05, 3.63) is 51.4 Å². The molecule has 0 atom stereocenters. The summed E-state index contributed by atoms with van der Waals surface area (Å²) in [6, 6.07) is 7.45. The van der Waals surface area contributed by atoms with Crippen molar-refractivity contribution in [2.75, 3.05) is 0 Å². The maximum absolute atomic E-state index is 12.3. The van der Waals surface area contributed by atoms with Crippen LogP contribution >= 0.6 is 0 Å². The summed E-state index contributed by atoms with van der Waals surface area (Å²) in [7, 11) is 0. The Balaban J connectivity index is 2.40. The molecule has 0 bridgehead atoms. The zero-order valence-electron chi connectivity index (χ0n) is 11.6. The fourth-order valence-electron chi connectivity index (χ4n) is 2.34. The average Bonchev–Trinajstić information content (AvgIpc) is 2.67. The van der Waals surface area contributed by atoms with Crippen LogP contribution < -0.4 is 5.56 Å². The van der Waals surface area contributed by atoms with Crippen molar-refractivity contribution < 1.29 is 5.11 Å². The Labute approximate surface area is 115 Å². The molecule has 1 aromatic carbocycles. The van der Waals surface area contributed by atoms with Crippen molar-refractivity contribution >= 4 is 5.65 Å². The van der Waals surface area contributed by atoms with E-state index >= 15 is 0 Å². The summed E-state index contributed by atoms with van der Waals surface area (Å²) in [5.74, 6) is -0.134. The van der Waals surface area contributed by atoms with Gasteiger partial charge in [0.05, 0.1) is 5.69 Å². The van der Waals surface area contributed by atoms with Gasteiger partial charge in [0.2, 0.25) is 5.88 Å². The van der Waals surface area contributed by atoms with E-state index in [0.29, 0.717) is 11.2 Å². The van der Waals surface area contributed by atoms with Crippen LogP contribution in [0.3, 0.4) is 0 Å². The van der Waals surface area contributed by atoms with Gasteiger partial charge >= 0.3 is 0 Å². The van der Waals surface area contributed by atoms with E-state index in [2.05, 4.69) is 10.1 Å². The first kappa shape index (κ1) is 12.5. The molecule has 5 heteroatoms. The summed E-state index contributed by atoms with van der Waals surface area (Å²) < 4.78 is 1.38. The minimum atomic E-state index is -0.316. The molecule has 0 spiro atoms. The Morgan fingerprint density at radius 2 is 2.00 bits per heavy atom. The number of aromatic nitrogens is 3. The molecule has 20 heavy (non-hydrogen) atoms. The summed E-state index contributed by atoms with van der Waals surface area (Å²) >= 11 is 0. The number of aryl methyl sites for hydroxylation is 3. The summed E-state index contributed by atoms with van der Waals surface area (Å²) in [6.45, 7) is 5.64. The number of aromatic hydroxyl groups is 1. The highest BCUT2D eigenvalue weighted by Gasteiger charge is 2.17. The third kappa shape index (κ3) is 1.71. The Morgan fingerprint density at radius 1 is 1.25 bits per heavy atom. The summed E-state index contributed by atoms with van der Waals surface area (Å²) in [6.07, 6.45) is 0. The lowest BCUT2D eigenvalue weighted by Gasteiger charge is -2.06. The highest BCUT2D eigenvalue weighted by atomic mass is 16.3. The Morgan fingerprint density at radius 3 is 2.70 bits per heavy atom. The van der Waals surface area contributed by atoms with Crippen LogP contribution in [0.15, 0.2) is 29.1 Å². The van der Waals surface area contributed by atoms with Gasteiger partial charge in [-0.2, -0.15) is 9.61 Å². The highest BCUT2D eigenvalue weighted by molar-refractivity contribution is 5.70. The highest BCUT2D eigenvalue weighted by Crippen LogP contribution is 2.27. The predicted octanol–water partition coefficient (Wildman–Crippen LogP) is 2.32. The molecule has 0 radical (unpaired) electrons. The second kappa shape index (κ2) is 4.23. The summed E-state index contributed by atoms with van der Waals surface area (Å²) in [4.78, 5) is 15.1. The molecule has 0 aliphatic rings. The van der Waals surface area contributed by atoms with Crippen molar-refractivity contribution in [3.8, 4) is 17.0 Å². The first-order valence-corrected chi connectivity index (χ1v) is 6.37. The SMILES string of the molecule is Cc1cccc(-c2c(O)n3nc(C)c(C)c3[nH]c2=O)c1. The van der Waals surface area contributed by atoms with Crippen LogP contribution in [0.5, 0.6) is 5.88 Å². The molecule has 2 N–H and O–H groups in total. The molecule has 3 rings (SSSR count). The van der Waals surface area contributed by atoms with Gasteiger partial charge < -0.3 is 10.1 Å². The van der Waals surface area contributed by atoms with Gasteiger partial charge in [0.1, 0.15) is 11.2 Å². The van der Waals surface area contributed by atoms with Gasteiger partial charge in [0.25, 0.3) is 5.56 Å². The number of nitrogens with zero attached hydrogens (tertiary/aromatic N) is 2.